The Morgan fingerprint density at radius 1 is 1.26 bits per heavy atom. The van der Waals surface area contributed by atoms with Crippen molar-refractivity contribution in [3.8, 4) is 0 Å². The third kappa shape index (κ3) is 3.18. The van der Waals surface area contributed by atoms with Crippen LogP contribution in [0.15, 0.2) is 0 Å². The lowest BCUT2D eigenvalue weighted by molar-refractivity contribution is 0.0573. The fraction of sp³-hybridized carbons (Fsp3) is 0.714. The summed E-state index contributed by atoms with van der Waals surface area (Å²) in [7, 11) is 1.71. The van der Waals surface area contributed by atoms with E-state index in [2.05, 4.69) is 41.4 Å². The normalized spacial score (nSPS) is 18.2. The van der Waals surface area contributed by atoms with Crippen molar-refractivity contribution in [3.05, 3.63) is 15.1 Å². The lowest BCUT2D eigenvalue weighted by Crippen LogP contribution is -2.17. The van der Waals surface area contributed by atoms with Crippen LogP contribution in [0.1, 0.15) is 63.1 Å². The summed E-state index contributed by atoms with van der Waals surface area (Å²) in [6.45, 7) is 4.22. The molecule has 1 saturated carbocycles. The molecule has 0 spiro atoms. The number of hydrogen-bond donors (Lipinski definition) is 1. The van der Waals surface area contributed by atoms with Gasteiger partial charge in [-0.05, 0) is 41.4 Å². The Labute approximate surface area is 128 Å². The highest BCUT2D eigenvalue weighted by atomic mass is 127. The van der Waals surface area contributed by atoms with Gasteiger partial charge in [0.1, 0.15) is 11.9 Å². The Morgan fingerprint density at radius 2 is 1.89 bits per heavy atom. The minimum atomic E-state index is -0.0838. The average molecular weight is 375 g/mol. The van der Waals surface area contributed by atoms with Gasteiger partial charge < -0.3 is 10.5 Å². The average Bonchev–Trinajstić information content (AvgIpc) is 2.87. The van der Waals surface area contributed by atoms with E-state index in [-0.39, 0.29) is 6.10 Å². The van der Waals surface area contributed by atoms with Gasteiger partial charge in [0.15, 0.2) is 5.82 Å². The molecule has 0 aromatic carbocycles. The zero-order valence-electron chi connectivity index (χ0n) is 11.8. The topological polar surface area (TPSA) is 61.0 Å². The minimum absolute atomic E-state index is 0.0838. The predicted octanol–water partition coefficient (Wildman–Crippen LogP) is 3.66. The lowest BCUT2D eigenvalue weighted by Gasteiger charge is -2.21. The molecule has 1 atom stereocenters. The number of nitrogens with two attached hydrogens (primary N) is 1. The number of methoxy groups -OCH3 is 1. The van der Waals surface area contributed by atoms with E-state index >= 15 is 0 Å². The second kappa shape index (κ2) is 6.35. The summed E-state index contributed by atoms with van der Waals surface area (Å²) < 4.78 is 6.55. The number of aromatic nitrogens is 2. The van der Waals surface area contributed by atoms with Gasteiger partial charge in [-0.3, -0.25) is 0 Å². The Balaban J connectivity index is 2.40. The molecule has 1 fully saturated rings. The summed E-state index contributed by atoms with van der Waals surface area (Å²) in [5, 5.41) is 0. The molecular formula is C14H22IN3O. The zero-order chi connectivity index (χ0) is 14.0. The van der Waals surface area contributed by atoms with Crippen LogP contribution >= 0.6 is 22.6 Å². The second-order valence-electron chi connectivity index (χ2n) is 5.55. The third-order valence-corrected chi connectivity index (χ3v) is 4.88. The molecule has 0 bridgehead atoms. The molecule has 0 saturated heterocycles. The van der Waals surface area contributed by atoms with E-state index in [1.54, 1.807) is 7.11 Å². The van der Waals surface area contributed by atoms with E-state index in [1.807, 2.05) is 0 Å². The fourth-order valence-electron chi connectivity index (χ4n) is 2.77. The first-order chi connectivity index (χ1) is 9.04. The van der Waals surface area contributed by atoms with Crippen LogP contribution in [0, 0.1) is 9.49 Å². The Morgan fingerprint density at radius 3 is 2.42 bits per heavy atom. The van der Waals surface area contributed by atoms with Gasteiger partial charge in [0.2, 0.25) is 0 Å². The Hall–Kier alpha value is -0.430. The highest BCUT2D eigenvalue weighted by Crippen LogP contribution is 2.37. The molecule has 1 unspecified atom stereocenters. The monoisotopic (exact) mass is 375 g/mol. The van der Waals surface area contributed by atoms with E-state index in [9.17, 15) is 0 Å². The fourth-order valence-corrected chi connectivity index (χ4v) is 3.46. The Kier molecular flexibility index (Phi) is 5.00. The molecule has 2 N–H and O–H groups in total. The molecule has 2 rings (SSSR count). The first kappa shape index (κ1) is 15.0. The van der Waals surface area contributed by atoms with Crippen molar-refractivity contribution >= 4 is 28.4 Å². The van der Waals surface area contributed by atoms with Crippen LogP contribution in [0.5, 0.6) is 0 Å². The van der Waals surface area contributed by atoms with Crippen molar-refractivity contribution in [1.29, 1.82) is 0 Å². The standard InChI is InChI=1S/C14H22IN3O/c1-8(2)12(19-3)14-17-11(9-6-4-5-7-9)10(15)13(16)18-14/h8-9,12H,4-7H2,1-3H3,(H2,16,17,18). The van der Waals surface area contributed by atoms with Crippen molar-refractivity contribution in [2.45, 2.75) is 51.6 Å². The third-order valence-electron chi connectivity index (χ3n) is 3.78. The van der Waals surface area contributed by atoms with E-state index in [4.69, 9.17) is 15.5 Å². The minimum Gasteiger partial charge on any atom is -0.383 e. The van der Waals surface area contributed by atoms with Crippen molar-refractivity contribution < 1.29 is 4.74 Å². The van der Waals surface area contributed by atoms with Crippen molar-refractivity contribution in [3.63, 3.8) is 0 Å². The number of hydrogen-bond acceptors (Lipinski definition) is 4. The van der Waals surface area contributed by atoms with Crippen LogP contribution < -0.4 is 5.73 Å². The van der Waals surface area contributed by atoms with Gasteiger partial charge in [-0.15, -0.1) is 0 Å². The molecule has 1 aromatic rings. The van der Waals surface area contributed by atoms with Crippen LogP contribution in [0.4, 0.5) is 5.82 Å². The lowest BCUT2D eigenvalue weighted by atomic mass is 10.0. The first-order valence-corrected chi connectivity index (χ1v) is 7.98. The number of rotatable bonds is 4. The second-order valence-corrected chi connectivity index (χ2v) is 6.63. The van der Waals surface area contributed by atoms with Gasteiger partial charge in [0, 0.05) is 13.0 Å². The number of anilines is 1. The number of halogens is 1. The van der Waals surface area contributed by atoms with Crippen molar-refractivity contribution in [1.82, 2.24) is 9.97 Å². The Bertz CT molecular complexity index is 445. The van der Waals surface area contributed by atoms with Crippen molar-refractivity contribution in [2.75, 3.05) is 12.8 Å². The van der Waals surface area contributed by atoms with Crippen LogP contribution in [0.25, 0.3) is 0 Å². The quantitative estimate of drug-likeness (QED) is 0.816. The van der Waals surface area contributed by atoms with Gasteiger partial charge in [0.05, 0.1) is 9.26 Å². The number of nitrogens with zero attached hydrogens (tertiary/aromatic N) is 2. The summed E-state index contributed by atoms with van der Waals surface area (Å²) in [4.78, 5) is 9.22. The molecule has 0 amide bonds. The predicted molar refractivity (Wildman–Crippen MR) is 85.0 cm³/mol. The summed E-state index contributed by atoms with van der Waals surface area (Å²) in [6, 6.07) is 0. The maximum atomic E-state index is 6.07. The summed E-state index contributed by atoms with van der Waals surface area (Å²) >= 11 is 2.27. The smallest absolute Gasteiger partial charge is 0.160 e. The molecule has 0 radical (unpaired) electrons. The van der Waals surface area contributed by atoms with Gasteiger partial charge in [-0.1, -0.05) is 26.7 Å². The van der Waals surface area contributed by atoms with Crippen molar-refractivity contribution in [2.24, 2.45) is 5.92 Å². The molecule has 106 valence electrons. The first-order valence-electron chi connectivity index (χ1n) is 6.90. The number of nitrogen functional groups attached to an aromatic ring is 1. The van der Waals surface area contributed by atoms with Gasteiger partial charge in [-0.25, -0.2) is 9.97 Å². The molecular weight excluding hydrogens is 353 g/mol. The van der Waals surface area contributed by atoms with E-state index < -0.39 is 0 Å². The van der Waals surface area contributed by atoms with Crippen LogP contribution in [0.2, 0.25) is 0 Å². The van der Waals surface area contributed by atoms with Crippen LogP contribution in [-0.4, -0.2) is 17.1 Å². The van der Waals surface area contributed by atoms with E-state index in [0.717, 1.165) is 15.1 Å². The number of ether oxygens (including phenoxy) is 1. The van der Waals surface area contributed by atoms with E-state index in [0.29, 0.717) is 17.7 Å². The molecule has 1 aliphatic rings. The maximum Gasteiger partial charge on any atom is 0.160 e. The summed E-state index contributed by atoms with van der Waals surface area (Å²) in [5.41, 5.74) is 7.20. The van der Waals surface area contributed by atoms with Crippen LogP contribution in [-0.2, 0) is 4.74 Å². The summed E-state index contributed by atoms with van der Waals surface area (Å²) in [5.74, 6) is 2.20. The largest absolute Gasteiger partial charge is 0.383 e. The highest BCUT2D eigenvalue weighted by Gasteiger charge is 2.26. The molecule has 5 heteroatoms. The summed E-state index contributed by atoms with van der Waals surface area (Å²) in [6.07, 6.45) is 4.92. The van der Waals surface area contributed by atoms with Gasteiger partial charge in [-0.2, -0.15) is 0 Å². The van der Waals surface area contributed by atoms with Crippen LogP contribution in [0.3, 0.4) is 0 Å². The zero-order valence-corrected chi connectivity index (χ0v) is 14.0. The maximum absolute atomic E-state index is 6.07. The SMILES string of the molecule is COC(c1nc(N)c(I)c(C2CCCC2)n1)C(C)C. The van der Waals surface area contributed by atoms with Gasteiger partial charge >= 0.3 is 0 Å². The molecule has 4 nitrogen and oxygen atoms in total. The van der Waals surface area contributed by atoms with Gasteiger partial charge in [0.25, 0.3) is 0 Å². The molecule has 19 heavy (non-hydrogen) atoms. The highest BCUT2D eigenvalue weighted by molar-refractivity contribution is 14.1. The molecule has 0 aliphatic heterocycles. The molecule has 1 aromatic heterocycles. The molecule has 1 aliphatic carbocycles. The molecule has 1 heterocycles. The van der Waals surface area contributed by atoms with E-state index in [1.165, 1.54) is 25.7 Å².